The molecule has 1 aromatic heterocycles. The van der Waals surface area contributed by atoms with E-state index in [-0.39, 0.29) is 0 Å². The highest BCUT2D eigenvalue weighted by Crippen LogP contribution is 2.21. The molecule has 4 nitrogen and oxygen atoms in total. The maximum Gasteiger partial charge on any atom is 0.152 e. The van der Waals surface area contributed by atoms with E-state index in [4.69, 9.17) is 11.6 Å². The average molecular weight is 277 g/mol. The molecule has 0 aliphatic carbocycles. The van der Waals surface area contributed by atoms with Gasteiger partial charge in [-0.3, -0.25) is 4.57 Å². The second-order valence-electron chi connectivity index (χ2n) is 4.81. The van der Waals surface area contributed by atoms with Gasteiger partial charge in [0.1, 0.15) is 6.33 Å². The molecule has 100 valence electrons. The van der Waals surface area contributed by atoms with Gasteiger partial charge in [-0.05, 0) is 43.5 Å². The Kier molecular flexibility index (Phi) is 3.69. The van der Waals surface area contributed by atoms with Gasteiger partial charge in [0.05, 0.1) is 5.88 Å². The van der Waals surface area contributed by atoms with Gasteiger partial charge < -0.3 is 4.90 Å². The zero-order valence-corrected chi connectivity index (χ0v) is 11.6. The van der Waals surface area contributed by atoms with E-state index in [2.05, 4.69) is 39.4 Å². The van der Waals surface area contributed by atoms with E-state index in [0.717, 1.165) is 11.5 Å². The number of anilines is 1. The third kappa shape index (κ3) is 2.59. The van der Waals surface area contributed by atoms with Gasteiger partial charge in [0.25, 0.3) is 0 Å². The van der Waals surface area contributed by atoms with Crippen molar-refractivity contribution in [1.82, 2.24) is 14.8 Å². The Balaban J connectivity index is 1.82. The lowest BCUT2D eigenvalue weighted by Crippen LogP contribution is -2.29. The van der Waals surface area contributed by atoms with E-state index < -0.39 is 0 Å². The molecule has 0 N–H and O–H groups in total. The van der Waals surface area contributed by atoms with Crippen LogP contribution in [0.1, 0.15) is 25.1 Å². The third-order valence-electron chi connectivity index (χ3n) is 3.59. The first kappa shape index (κ1) is 12.5. The van der Waals surface area contributed by atoms with Crippen molar-refractivity contribution >= 4 is 17.3 Å². The fourth-order valence-corrected chi connectivity index (χ4v) is 2.72. The molecule has 1 fully saturated rings. The smallest absolute Gasteiger partial charge is 0.152 e. The standard InChI is InChI=1S/C14H17ClN4/c15-10-14-17-16-11-19(14)13-6-4-12(5-7-13)18-8-2-1-3-9-18/h4-7,11H,1-3,8-10H2. The predicted octanol–water partition coefficient (Wildman–Crippen LogP) is 3.00. The molecule has 1 saturated heterocycles. The number of hydrogen-bond acceptors (Lipinski definition) is 3. The van der Waals surface area contributed by atoms with Crippen LogP contribution < -0.4 is 4.90 Å². The molecule has 3 rings (SSSR count). The zero-order chi connectivity index (χ0) is 13.1. The third-order valence-corrected chi connectivity index (χ3v) is 3.83. The van der Waals surface area contributed by atoms with E-state index in [0.29, 0.717) is 5.88 Å². The van der Waals surface area contributed by atoms with Gasteiger partial charge >= 0.3 is 0 Å². The van der Waals surface area contributed by atoms with Crippen LogP contribution in [0.4, 0.5) is 5.69 Å². The number of piperidine rings is 1. The number of hydrogen-bond donors (Lipinski definition) is 0. The summed E-state index contributed by atoms with van der Waals surface area (Å²) < 4.78 is 1.92. The van der Waals surface area contributed by atoms with Crippen molar-refractivity contribution in [3.05, 3.63) is 36.4 Å². The molecule has 1 aliphatic heterocycles. The van der Waals surface area contributed by atoms with Gasteiger partial charge in [0.2, 0.25) is 0 Å². The van der Waals surface area contributed by atoms with Crippen LogP contribution in [0, 0.1) is 0 Å². The molecule has 0 spiro atoms. The summed E-state index contributed by atoms with van der Waals surface area (Å²) in [5, 5.41) is 7.89. The number of alkyl halides is 1. The minimum Gasteiger partial charge on any atom is -0.372 e. The van der Waals surface area contributed by atoms with Gasteiger partial charge in [0.15, 0.2) is 5.82 Å². The lowest BCUT2D eigenvalue weighted by atomic mass is 10.1. The van der Waals surface area contributed by atoms with E-state index in [1.165, 1.54) is 38.0 Å². The van der Waals surface area contributed by atoms with Crippen molar-refractivity contribution in [1.29, 1.82) is 0 Å². The van der Waals surface area contributed by atoms with Gasteiger partial charge in [0, 0.05) is 24.5 Å². The quantitative estimate of drug-likeness (QED) is 0.808. The summed E-state index contributed by atoms with van der Waals surface area (Å²) in [5.41, 5.74) is 2.35. The lowest BCUT2D eigenvalue weighted by molar-refractivity contribution is 0.578. The van der Waals surface area contributed by atoms with Crippen molar-refractivity contribution in [2.24, 2.45) is 0 Å². The van der Waals surface area contributed by atoms with Gasteiger partial charge in [-0.2, -0.15) is 0 Å². The molecule has 0 radical (unpaired) electrons. The topological polar surface area (TPSA) is 34.0 Å². The summed E-state index contributed by atoms with van der Waals surface area (Å²) in [4.78, 5) is 2.45. The Morgan fingerprint density at radius 1 is 1.00 bits per heavy atom. The van der Waals surface area contributed by atoms with E-state index >= 15 is 0 Å². The minimum absolute atomic E-state index is 0.369. The molecule has 2 aromatic rings. The van der Waals surface area contributed by atoms with Gasteiger partial charge in [-0.25, -0.2) is 0 Å². The molecule has 0 atom stereocenters. The molecule has 0 saturated carbocycles. The van der Waals surface area contributed by atoms with Crippen LogP contribution in [-0.4, -0.2) is 27.9 Å². The highest BCUT2D eigenvalue weighted by atomic mass is 35.5. The molecular weight excluding hydrogens is 260 g/mol. The Morgan fingerprint density at radius 3 is 2.37 bits per heavy atom. The Hall–Kier alpha value is -1.55. The van der Waals surface area contributed by atoms with Crippen LogP contribution in [-0.2, 0) is 5.88 Å². The number of rotatable bonds is 3. The summed E-state index contributed by atoms with van der Waals surface area (Å²) in [5.74, 6) is 1.14. The van der Waals surface area contributed by atoms with Crippen molar-refractivity contribution in [2.45, 2.75) is 25.1 Å². The van der Waals surface area contributed by atoms with E-state index in [1.807, 2.05) is 4.57 Å². The van der Waals surface area contributed by atoms with E-state index in [9.17, 15) is 0 Å². The summed E-state index contributed by atoms with van der Waals surface area (Å²) in [7, 11) is 0. The highest BCUT2D eigenvalue weighted by molar-refractivity contribution is 6.16. The van der Waals surface area contributed by atoms with Crippen molar-refractivity contribution in [3.8, 4) is 5.69 Å². The molecule has 5 heteroatoms. The molecule has 1 aliphatic rings. The number of nitrogens with zero attached hydrogens (tertiary/aromatic N) is 4. The summed E-state index contributed by atoms with van der Waals surface area (Å²) in [6.45, 7) is 2.33. The SMILES string of the molecule is ClCc1nncn1-c1ccc(N2CCCCC2)cc1. The highest BCUT2D eigenvalue weighted by Gasteiger charge is 2.11. The van der Waals surface area contributed by atoms with Crippen molar-refractivity contribution < 1.29 is 0 Å². The summed E-state index contributed by atoms with van der Waals surface area (Å²) in [6.07, 6.45) is 5.65. The second-order valence-corrected chi connectivity index (χ2v) is 5.08. The van der Waals surface area contributed by atoms with Crippen LogP contribution in [0.5, 0.6) is 0 Å². The minimum atomic E-state index is 0.369. The fraction of sp³-hybridized carbons (Fsp3) is 0.429. The van der Waals surface area contributed by atoms with Crippen LogP contribution in [0.3, 0.4) is 0 Å². The summed E-state index contributed by atoms with van der Waals surface area (Å²) in [6, 6.07) is 8.53. The second kappa shape index (κ2) is 5.61. The molecule has 0 bridgehead atoms. The lowest BCUT2D eigenvalue weighted by Gasteiger charge is -2.28. The molecule has 19 heavy (non-hydrogen) atoms. The first-order valence-electron chi connectivity index (χ1n) is 6.69. The first-order chi connectivity index (χ1) is 9.38. The van der Waals surface area contributed by atoms with Crippen LogP contribution in [0.25, 0.3) is 5.69 Å². The number of benzene rings is 1. The molecule has 0 unspecified atom stereocenters. The average Bonchev–Trinajstić information content (AvgIpc) is 2.97. The first-order valence-corrected chi connectivity index (χ1v) is 7.22. The molecule has 2 heterocycles. The fourth-order valence-electron chi connectivity index (χ4n) is 2.54. The van der Waals surface area contributed by atoms with Crippen LogP contribution in [0.15, 0.2) is 30.6 Å². The maximum absolute atomic E-state index is 5.84. The maximum atomic E-state index is 5.84. The molecule has 1 aromatic carbocycles. The normalized spacial score (nSPS) is 15.7. The Morgan fingerprint density at radius 2 is 1.68 bits per heavy atom. The van der Waals surface area contributed by atoms with Crippen molar-refractivity contribution in [3.63, 3.8) is 0 Å². The molecular formula is C14H17ClN4. The van der Waals surface area contributed by atoms with Gasteiger partial charge in [-0.1, -0.05) is 0 Å². The van der Waals surface area contributed by atoms with E-state index in [1.54, 1.807) is 6.33 Å². The van der Waals surface area contributed by atoms with Gasteiger partial charge in [-0.15, -0.1) is 21.8 Å². The molecule has 0 amide bonds. The predicted molar refractivity (Wildman–Crippen MR) is 77.0 cm³/mol. The number of aromatic nitrogens is 3. The Bertz CT molecular complexity index is 529. The summed E-state index contributed by atoms with van der Waals surface area (Å²) >= 11 is 5.84. The van der Waals surface area contributed by atoms with Crippen LogP contribution in [0.2, 0.25) is 0 Å². The van der Waals surface area contributed by atoms with Crippen molar-refractivity contribution in [2.75, 3.05) is 18.0 Å². The number of halogens is 1. The largest absolute Gasteiger partial charge is 0.372 e. The Labute approximate surface area is 118 Å². The zero-order valence-electron chi connectivity index (χ0n) is 10.8. The van der Waals surface area contributed by atoms with Crippen LogP contribution >= 0.6 is 11.6 Å². The monoisotopic (exact) mass is 276 g/mol.